The fraction of sp³-hybridized carbons (Fsp3) is 0.111. The Kier molecular flexibility index (Phi) is 4.94. The van der Waals surface area contributed by atoms with E-state index in [9.17, 15) is 18.3 Å². The number of carbonyl (C=O) groups is 1. The van der Waals surface area contributed by atoms with E-state index in [0.717, 1.165) is 27.4 Å². The van der Waals surface area contributed by atoms with E-state index in [2.05, 4.69) is 0 Å². The minimum atomic E-state index is -3.81. The van der Waals surface area contributed by atoms with E-state index in [4.69, 9.17) is 4.98 Å². The monoisotopic (exact) mass is 483 g/mol. The van der Waals surface area contributed by atoms with Gasteiger partial charge in [-0.3, -0.25) is 9.78 Å². The highest BCUT2D eigenvalue weighted by Crippen LogP contribution is 2.46. The Labute approximate surface area is 201 Å². The van der Waals surface area contributed by atoms with Crippen LogP contribution in [0.15, 0.2) is 96.0 Å². The number of hydrogen-bond donors (Lipinski definition) is 1. The summed E-state index contributed by atoms with van der Waals surface area (Å²) in [4.78, 5) is 16.5. The second-order valence-electron chi connectivity index (χ2n) is 8.61. The molecule has 174 valence electrons. The van der Waals surface area contributed by atoms with Gasteiger partial charge in [-0.2, -0.15) is 4.31 Å². The van der Waals surface area contributed by atoms with Crippen molar-refractivity contribution < 1.29 is 18.3 Å². The first-order chi connectivity index (χ1) is 16.9. The number of para-hydroxylation sites is 2. The Morgan fingerprint density at radius 2 is 1.63 bits per heavy atom. The number of aliphatic carboxylic acids is 1. The van der Waals surface area contributed by atoms with E-state index >= 15 is 0 Å². The van der Waals surface area contributed by atoms with Crippen molar-refractivity contribution >= 4 is 37.8 Å². The van der Waals surface area contributed by atoms with Crippen LogP contribution in [0.5, 0.6) is 0 Å². The zero-order valence-electron chi connectivity index (χ0n) is 18.6. The lowest BCUT2D eigenvalue weighted by Gasteiger charge is -2.23. The van der Waals surface area contributed by atoms with Gasteiger partial charge in [-0.25, -0.2) is 8.42 Å². The Morgan fingerprint density at radius 3 is 2.49 bits per heavy atom. The van der Waals surface area contributed by atoms with Crippen LogP contribution in [0.3, 0.4) is 0 Å². The highest BCUT2D eigenvalue weighted by Gasteiger charge is 2.44. The molecule has 0 saturated heterocycles. The van der Waals surface area contributed by atoms with Crippen molar-refractivity contribution in [2.75, 3.05) is 0 Å². The van der Waals surface area contributed by atoms with Crippen molar-refractivity contribution in [1.29, 1.82) is 0 Å². The lowest BCUT2D eigenvalue weighted by Crippen LogP contribution is -2.29. The van der Waals surface area contributed by atoms with Gasteiger partial charge < -0.3 is 9.67 Å². The molecule has 8 heteroatoms. The molecule has 0 bridgehead atoms. The number of pyridine rings is 1. The zero-order chi connectivity index (χ0) is 24.2. The number of hydrogen-bond acceptors (Lipinski definition) is 4. The highest BCUT2D eigenvalue weighted by molar-refractivity contribution is 7.89. The number of aromatic nitrogens is 2. The van der Waals surface area contributed by atoms with Gasteiger partial charge in [-0.05, 0) is 29.8 Å². The zero-order valence-corrected chi connectivity index (χ0v) is 19.4. The van der Waals surface area contributed by atoms with Gasteiger partial charge >= 0.3 is 5.97 Å². The molecule has 0 spiro atoms. The van der Waals surface area contributed by atoms with Crippen LogP contribution in [-0.2, 0) is 27.9 Å². The second-order valence-corrected chi connectivity index (χ2v) is 10.5. The maximum atomic E-state index is 13.8. The second kappa shape index (κ2) is 8.04. The van der Waals surface area contributed by atoms with Crippen molar-refractivity contribution in [3.05, 3.63) is 108 Å². The van der Waals surface area contributed by atoms with Crippen LogP contribution in [0.2, 0.25) is 0 Å². The molecule has 0 amide bonds. The number of carboxylic acids is 1. The number of sulfonamides is 1. The van der Waals surface area contributed by atoms with Crippen LogP contribution >= 0.6 is 0 Å². The minimum Gasteiger partial charge on any atom is -0.480 e. The summed E-state index contributed by atoms with van der Waals surface area (Å²) in [7, 11) is -3.81. The highest BCUT2D eigenvalue weighted by atomic mass is 32.2. The van der Waals surface area contributed by atoms with Gasteiger partial charge in [0.05, 0.1) is 28.7 Å². The summed E-state index contributed by atoms with van der Waals surface area (Å²) >= 11 is 0. The lowest BCUT2D eigenvalue weighted by molar-refractivity contribution is -0.137. The van der Waals surface area contributed by atoms with Crippen LogP contribution in [0.25, 0.3) is 21.8 Å². The number of nitrogens with zero attached hydrogens (tertiary/aromatic N) is 3. The molecule has 7 nitrogen and oxygen atoms in total. The fourth-order valence-corrected chi connectivity index (χ4v) is 6.77. The molecular weight excluding hydrogens is 462 g/mol. The number of fused-ring (bicyclic) bond motifs is 3. The van der Waals surface area contributed by atoms with Gasteiger partial charge in [0.15, 0.2) is 0 Å². The van der Waals surface area contributed by atoms with E-state index < -0.39 is 22.0 Å². The topological polar surface area (TPSA) is 92.5 Å². The molecule has 1 aliphatic rings. The van der Waals surface area contributed by atoms with Crippen molar-refractivity contribution in [3.63, 3.8) is 0 Å². The van der Waals surface area contributed by atoms with Crippen molar-refractivity contribution in [2.45, 2.75) is 24.0 Å². The van der Waals surface area contributed by atoms with Crippen LogP contribution in [0.1, 0.15) is 22.9 Å². The molecule has 1 aliphatic heterocycles. The summed E-state index contributed by atoms with van der Waals surface area (Å²) in [5.41, 5.74) is 3.60. The molecule has 0 saturated carbocycles. The summed E-state index contributed by atoms with van der Waals surface area (Å²) in [5, 5.41) is 11.2. The quantitative estimate of drug-likeness (QED) is 0.395. The standard InChI is InChI=1S/C27H21N3O4S/c31-26(32)17-29-16-22(20-8-2-5-11-24(20)29)27-21-9-3-6-12-25(21)35(33,34)30(27)15-19-14-13-18-7-1-4-10-23(18)28-19/h1-14,16,27H,15,17H2,(H,31,32). The van der Waals surface area contributed by atoms with E-state index in [-0.39, 0.29) is 18.0 Å². The van der Waals surface area contributed by atoms with Crippen molar-refractivity contribution in [2.24, 2.45) is 0 Å². The van der Waals surface area contributed by atoms with Crippen LogP contribution < -0.4 is 0 Å². The average molecular weight is 484 g/mol. The third-order valence-electron chi connectivity index (χ3n) is 6.48. The van der Waals surface area contributed by atoms with Gasteiger partial charge in [0.1, 0.15) is 6.54 Å². The summed E-state index contributed by atoms with van der Waals surface area (Å²) in [5.74, 6) is -0.964. The van der Waals surface area contributed by atoms with Gasteiger partial charge in [0.25, 0.3) is 0 Å². The van der Waals surface area contributed by atoms with Crippen LogP contribution in [0.4, 0.5) is 0 Å². The first-order valence-corrected chi connectivity index (χ1v) is 12.6. The summed E-state index contributed by atoms with van der Waals surface area (Å²) in [6.45, 7) is -0.126. The molecule has 1 unspecified atom stereocenters. The van der Waals surface area contributed by atoms with Gasteiger partial charge in [-0.15, -0.1) is 0 Å². The normalized spacial score (nSPS) is 17.1. The summed E-state index contributed by atoms with van der Waals surface area (Å²) < 4.78 is 30.6. The van der Waals surface area contributed by atoms with E-state index in [1.165, 1.54) is 4.31 Å². The molecule has 35 heavy (non-hydrogen) atoms. The SMILES string of the molecule is O=C(O)Cn1cc(C2c3ccccc3S(=O)(=O)N2Cc2ccc3ccccc3n2)c2ccccc21. The Balaban J connectivity index is 1.54. The predicted octanol–water partition coefficient (Wildman–Crippen LogP) is 4.57. The van der Waals surface area contributed by atoms with Crippen LogP contribution in [0, 0.1) is 0 Å². The molecule has 1 atom stereocenters. The molecule has 0 radical (unpaired) electrons. The van der Waals surface area contributed by atoms with Gasteiger partial charge in [-0.1, -0.05) is 60.7 Å². The lowest BCUT2D eigenvalue weighted by atomic mass is 9.98. The van der Waals surface area contributed by atoms with Crippen molar-refractivity contribution in [1.82, 2.24) is 13.9 Å². The first-order valence-electron chi connectivity index (χ1n) is 11.2. The molecule has 3 aromatic carbocycles. The fourth-order valence-electron chi connectivity index (χ4n) is 4.99. The Bertz CT molecular complexity index is 1730. The maximum absolute atomic E-state index is 13.8. The number of benzene rings is 3. The Morgan fingerprint density at radius 1 is 0.886 bits per heavy atom. The molecule has 0 fully saturated rings. The number of carboxylic acid groups (broad SMARTS) is 1. The van der Waals surface area contributed by atoms with Crippen LogP contribution in [-0.4, -0.2) is 33.3 Å². The largest absolute Gasteiger partial charge is 0.480 e. The molecule has 1 N–H and O–H groups in total. The predicted molar refractivity (Wildman–Crippen MR) is 132 cm³/mol. The molecule has 6 rings (SSSR count). The van der Waals surface area contributed by atoms with Gasteiger partial charge in [0.2, 0.25) is 10.0 Å². The van der Waals surface area contributed by atoms with Gasteiger partial charge in [0, 0.05) is 28.0 Å². The van der Waals surface area contributed by atoms with E-state index in [1.54, 1.807) is 22.9 Å². The molecule has 2 aromatic heterocycles. The van der Waals surface area contributed by atoms with E-state index in [0.29, 0.717) is 11.3 Å². The third kappa shape index (κ3) is 3.50. The Hall–Kier alpha value is -4.01. The number of rotatable bonds is 5. The first kappa shape index (κ1) is 21.5. The van der Waals surface area contributed by atoms with E-state index in [1.807, 2.05) is 72.8 Å². The molecule has 0 aliphatic carbocycles. The average Bonchev–Trinajstić information content (AvgIpc) is 3.31. The maximum Gasteiger partial charge on any atom is 0.323 e. The summed E-state index contributed by atoms with van der Waals surface area (Å²) in [6.07, 6.45) is 1.77. The molecule has 3 heterocycles. The summed E-state index contributed by atoms with van der Waals surface area (Å²) in [6, 6.07) is 25.4. The molecular formula is C27H21N3O4S. The smallest absolute Gasteiger partial charge is 0.323 e. The van der Waals surface area contributed by atoms with Crippen molar-refractivity contribution in [3.8, 4) is 0 Å². The molecule has 5 aromatic rings. The third-order valence-corrected chi connectivity index (χ3v) is 8.37. The minimum absolute atomic E-state index is 0.0882.